The van der Waals surface area contributed by atoms with Crippen molar-refractivity contribution >= 4 is 15.9 Å². The van der Waals surface area contributed by atoms with Crippen LogP contribution in [0, 0.1) is 5.82 Å². The molecule has 3 heteroatoms. The minimum absolute atomic E-state index is 0.149. The lowest BCUT2D eigenvalue weighted by atomic mass is 10.0. The van der Waals surface area contributed by atoms with Gasteiger partial charge in [-0.2, -0.15) is 0 Å². The SMILES string of the molecule is CCc1ccc(C(Br)c2ccc(OC)cc2F)cc1. The van der Waals surface area contributed by atoms with Gasteiger partial charge in [0, 0.05) is 11.6 Å². The number of ether oxygens (including phenoxy) is 1. The number of alkyl halides is 1. The van der Waals surface area contributed by atoms with E-state index in [4.69, 9.17) is 4.74 Å². The number of hydrogen-bond acceptors (Lipinski definition) is 1. The zero-order chi connectivity index (χ0) is 13.8. The topological polar surface area (TPSA) is 9.23 Å². The molecule has 0 aliphatic rings. The van der Waals surface area contributed by atoms with Gasteiger partial charge in [-0.15, -0.1) is 0 Å². The Morgan fingerprint density at radius 1 is 1.16 bits per heavy atom. The first-order valence-electron chi connectivity index (χ1n) is 6.22. The first-order valence-corrected chi connectivity index (χ1v) is 7.13. The van der Waals surface area contributed by atoms with Crippen LogP contribution in [0.5, 0.6) is 5.75 Å². The Balaban J connectivity index is 2.29. The summed E-state index contributed by atoms with van der Waals surface area (Å²) < 4.78 is 19.0. The highest BCUT2D eigenvalue weighted by molar-refractivity contribution is 9.09. The summed E-state index contributed by atoms with van der Waals surface area (Å²) in [5.74, 6) is 0.267. The summed E-state index contributed by atoms with van der Waals surface area (Å²) in [5.41, 5.74) is 2.94. The zero-order valence-electron chi connectivity index (χ0n) is 11.0. The van der Waals surface area contributed by atoms with Gasteiger partial charge in [-0.05, 0) is 23.6 Å². The third-order valence-electron chi connectivity index (χ3n) is 3.16. The van der Waals surface area contributed by atoms with E-state index in [0.717, 1.165) is 12.0 Å². The molecule has 0 aliphatic heterocycles. The molecule has 19 heavy (non-hydrogen) atoms. The van der Waals surface area contributed by atoms with Gasteiger partial charge in [0.2, 0.25) is 0 Å². The van der Waals surface area contributed by atoms with E-state index in [0.29, 0.717) is 11.3 Å². The molecule has 1 atom stereocenters. The number of hydrogen-bond donors (Lipinski definition) is 0. The lowest BCUT2D eigenvalue weighted by Gasteiger charge is -2.13. The maximum absolute atomic E-state index is 14.0. The third kappa shape index (κ3) is 3.16. The van der Waals surface area contributed by atoms with Gasteiger partial charge in [-0.25, -0.2) is 4.39 Å². The van der Waals surface area contributed by atoms with Gasteiger partial charge in [0.1, 0.15) is 11.6 Å². The quantitative estimate of drug-likeness (QED) is 0.729. The molecule has 0 heterocycles. The molecular formula is C16H16BrFO. The molecule has 0 spiro atoms. The van der Waals surface area contributed by atoms with Crippen molar-refractivity contribution in [2.45, 2.75) is 18.2 Å². The Hall–Kier alpha value is -1.35. The maximum Gasteiger partial charge on any atom is 0.131 e. The largest absolute Gasteiger partial charge is 0.497 e. The molecule has 2 aromatic rings. The van der Waals surface area contributed by atoms with Crippen molar-refractivity contribution in [3.05, 3.63) is 65.0 Å². The standard InChI is InChI=1S/C16H16BrFO/c1-3-11-4-6-12(7-5-11)16(17)14-9-8-13(19-2)10-15(14)18/h4-10,16H,3H2,1-2H3. The molecular weight excluding hydrogens is 307 g/mol. The summed E-state index contributed by atoms with van der Waals surface area (Å²) in [5, 5.41) is 0. The summed E-state index contributed by atoms with van der Waals surface area (Å²) >= 11 is 3.56. The van der Waals surface area contributed by atoms with Gasteiger partial charge in [-0.3, -0.25) is 0 Å². The Kier molecular flexibility index (Phi) is 4.59. The fourth-order valence-electron chi connectivity index (χ4n) is 1.94. The van der Waals surface area contributed by atoms with Gasteiger partial charge >= 0.3 is 0 Å². The molecule has 0 N–H and O–H groups in total. The van der Waals surface area contributed by atoms with Crippen LogP contribution >= 0.6 is 15.9 Å². The average molecular weight is 323 g/mol. The van der Waals surface area contributed by atoms with Crippen LogP contribution in [0.15, 0.2) is 42.5 Å². The summed E-state index contributed by atoms with van der Waals surface area (Å²) in [6, 6.07) is 13.1. The second-order valence-corrected chi connectivity index (χ2v) is 5.26. The molecule has 0 saturated carbocycles. The molecule has 0 saturated heterocycles. The van der Waals surface area contributed by atoms with Crippen LogP contribution in [0.1, 0.15) is 28.4 Å². The van der Waals surface area contributed by atoms with E-state index in [9.17, 15) is 4.39 Å². The van der Waals surface area contributed by atoms with E-state index in [-0.39, 0.29) is 10.6 Å². The van der Waals surface area contributed by atoms with Crippen molar-refractivity contribution < 1.29 is 9.13 Å². The molecule has 0 aromatic heterocycles. The average Bonchev–Trinajstić information content (AvgIpc) is 2.46. The van der Waals surface area contributed by atoms with Crippen molar-refractivity contribution in [2.24, 2.45) is 0 Å². The highest BCUT2D eigenvalue weighted by atomic mass is 79.9. The summed E-state index contributed by atoms with van der Waals surface area (Å²) in [6.07, 6.45) is 1.00. The second-order valence-electron chi connectivity index (χ2n) is 4.35. The van der Waals surface area contributed by atoms with E-state index in [1.165, 1.54) is 18.7 Å². The number of halogens is 2. The lowest BCUT2D eigenvalue weighted by molar-refractivity contribution is 0.411. The van der Waals surface area contributed by atoms with Crippen LogP contribution in [-0.2, 0) is 6.42 Å². The van der Waals surface area contributed by atoms with Gasteiger partial charge in [0.15, 0.2) is 0 Å². The van der Waals surface area contributed by atoms with Crippen molar-refractivity contribution in [2.75, 3.05) is 7.11 Å². The van der Waals surface area contributed by atoms with Crippen LogP contribution in [-0.4, -0.2) is 7.11 Å². The number of benzene rings is 2. The van der Waals surface area contributed by atoms with Crippen LogP contribution in [0.4, 0.5) is 4.39 Å². The lowest BCUT2D eigenvalue weighted by Crippen LogP contribution is -1.97. The van der Waals surface area contributed by atoms with E-state index in [1.807, 2.05) is 12.1 Å². The van der Waals surface area contributed by atoms with Crippen LogP contribution in [0.25, 0.3) is 0 Å². The fraction of sp³-hybridized carbons (Fsp3) is 0.250. The van der Waals surface area contributed by atoms with Gasteiger partial charge in [0.05, 0.1) is 11.9 Å². The molecule has 0 aliphatic carbocycles. The normalized spacial score (nSPS) is 12.2. The van der Waals surface area contributed by atoms with Gasteiger partial charge < -0.3 is 4.74 Å². The van der Waals surface area contributed by atoms with Crippen LogP contribution in [0.3, 0.4) is 0 Å². The van der Waals surface area contributed by atoms with Crippen molar-refractivity contribution in [3.63, 3.8) is 0 Å². The Morgan fingerprint density at radius 3 is 2.37 bits per heavy atom. The monoisotopic (exact) mass is 322 g/mol. The third-order valence-corrected chi connectivity index (χ3v) is 4.18. The minimum atomic E-state index is -0.263. The Labute approximate surface area is 121 Å². The van der Waals surface area contributed by atoms with Crippen LogP contribution in [0.2, 0.25) is 0 Å². The molecule has 0 fully saturated rings. The molecule has 0 radical (unpaired) electrons. The second kappa shape index (κ2) is 6.20. The van der Waals surface area contributed by atoms with Crippen molar-refractivity contribution in [1.29, 1.82) is 0 Å². The van der Waals surface area contributed by atoms with E-state index < -0.39 is 0 Å². The van der Waals surface area contributed by atoms with Crippen molar-refractivity contribution in [3.8, 4) is 5.75 Å². The first-order chi connectivity index (χ1) is 9.15. The minimum Gasteiger partial charge on any atom is -0.497 e. The molecule has 1 nitrogen and oxygen atoms in total. The molecule has 1 unspecified atom stereocenters. The smallest absolute Gasteiger partial charge is 0.131 e. The van der Waals surface area contributed by atoms with E-state index >= 15 is 0 Å². The zero-order valence-corrected chi connectivity index (χ0v) is 12.6. The highest BCUT2D eigenvalue weighted by Gasteiger charge is 2.15. The summed E-state index contributed by atoms with van der Waals surface area (Å²) in [4.78, 5) is -0.149. The molecule has 2 aromatic carbocycles. The number of aryl methyl sites for hydroxylation is 1. The van der Waals surface area contributed by atoms with E-state index in [2.05, 4.69) is 35.0 Å². The first kappa shape index (κ1) is 14.1. The Bertz CT molecular complexity index is 551. The summed E-state index contributed by atoms with van der Waals surface area (Å²) in [7, 11) is 1.53. The molecule has 0 amide bonds. The van der Waals surface area contributed by atoms with Crippen molar-refractivity contribution in [1.82, 2.24) is 0 Å². The molecule has 2 rings (SSSR count). The highest BCUT2D eigenvalue weighted by Crippen LogP contribution is 2.33. The maximum atomic E-state index is 14.0. The number of methoxy groups -OCH3 is 1. The van der Waals surface area contributed by atoms with Gasteiger partial charge in [0.25, 0.3) is 0 Å². The predicted molar refractivity (Wildman–Crippen MR) is 79.5 cm³/mol. The van der Waals surface area contributed by atoms with E-state index in [1.54, 1.807) is 12.1 Å². The Morgan fingerprint density at radius 2 is 1.84 bits per heavy atom. The molecule has 100 valence electrons. The van der Waals surface area contributed by atoms with Gasteiger partial charge in [-0.1, -0.05) is 53.2 Å². The predicted octanol–water partition coefficient (Wildman–Crippen LogP) is 4.88. The summed E-state index contributed by atoms with van der Waals surface area (Å²) in [6.45, 7) is 2.11. The molecule has 0 bridgehead atoms. The number of rotatable bonds is 4. The van der Waals surface area contributed by atoms with Crippen LogP contribution < -0.4 is 4.74 Å². The fourth-order valence-corrected chi connectivity index (χ4v) is 2.62.